The maximum Gasteiger partial charge on any atom is 0.317 e. The summed E-state index contributed by atoms with van der Waals surface area (Å²) in [6.45, 7) is 5.73. The first-order valence-electron chi connectivity index (χ1n) is 9.20. The maximum atomic E-state index is 12.6. The van der Waals surface area contributed by atoms with Crippen molar-refractivity contribution in [1.82, 2.24) is 15.1 Å². The van der Waals surface area contributed by atoms with Gasteiger partial charge < -0.3 is 19.9 Å². The van der Waals surface area contributed by atoms with Crippen molar-refractivity contribution < 1.29 is 14.3 Å². The molecule has 2 fully saturated rings. The second kappa shape index (κ2) is 8.34. The molecule has 136 valence electrons. The van der Waals surface area contributed by atoms with Crippen molar-refractivity contribution in [3.8, 4) is 0 Å². The Kier molecular flexibility index (Phi) is 5.91. The molecule has 25 heavy (non-hydrogen) atoms. The Morgan fingerprint density at radius 1 is 1.12 bits per heavy atom. The first kappa shape index (κ1) is 17.7. The Labute approximate surface area is 149 Å². The normalized spacial score (nSPS) is 20.6. The lowest BCUT2D eigenvalue weighted by molar-refractivity contribution is 0.0660. The molecule has 0 aliphatic carbocycles. The summed E-state index contributed by atoms with van der Waals surface area (Å²) in [7, 11) is 0. The first-order chi connectivity index (χ1) is 12.2. The van der Waals surface area contributed by atoms with Gasteiger partial charge in [0, 0.05) is 44.9 Å². The maximum absolute atomic E-state index is 12.6. The van der Waals surface area contributed by atoms with Crippen molar-refractivity contribution in [1.29, 1.82) is 0 Å². The lowest BCUT2D eigenvalue weighted by atomic mass is 10.1. The van der Waals surface area contributed by atoms with E-state index in [4.69, 9.17) is 4.74 Å². The number of piperazine rings is 1. The highest BCUT2D eigenvalue weighted by Crippen LogP contribution is 2.12. The van der Waals surface area contributed by atoms with Crippen LogP contribution >= 0.6 is 0 Å². The molecule has 0 spiro atoms. The van der Waals surface area contributed by atoms with Crippen LogP contribution < -0.4 is 5.32 Å². The van der Waals surface area contributed by atoms with Crippen molar-refractivity contribution >= 4 is 11.9 Å². The van der Waals surface area contributed by atoms with Gasteiger partial charge in [-0.1, -0.05) is 19.1 Å². The summed E-state index contributed by atoms with van der Waals surface area (Å²) in [6, 6.07) is 7.73. The summed E-state index contributed by atoms with van der Waals surface area (Å²) in [5.74, 6) is 0.0436. The number of carbonyl (C=O) groups excluding carboxylic acids is 2. The molecule has 1 atom stereocenters. The van der Waals surface area contributed by atoms with Gasteiger partial charge in [-0.3, -0.25) is 4.79 Å². The fourth-order valence-corrected chi connectivity index (χ4v) is 3.30. The number of urea groups is 1. The third kappa shape index (κ3) is 4.51. The highest BCUT2D eigenvalue weighted by Gasteiger charge is 2.25. The standard InChI is InChI=1S/C19H27N3O3/c1-2-15-5-7-16(8-6-15)18(23)21-9-11-22(12-10-21)19(24)20-14-17-4-3-13-25-17/h5-8,17H,2-4,9-14H2,1H3,(H,20,24). The molecule has 0 radical (unpaired) electrons. The molecule has 1 aromatic carbocycles. The third-order valence-electron chi connectivity index (χ3n) is 4.97. The molecule has 2 heterocycles. The second-order valence-corrected chi connectivity index (χ2v) is 6.65. The summed E-state index contributed by atoms with van der Waals surface area (Å²) in [4.78, 5) is 28.4. The molecule has 0 aromatic heterocycles. The Balaban J connectivity index is 1.45. The van der Waals surface area contributed by atoms with Gasteiger partial charge >= 0.3 is 6.03 Å². The van der Waals surface area contributed by atoms with Crippen LogP contribution in [0.1, 0.15) is 35.7 Å². The smallest absolute Gasteiger partial charge is 0.317 e. The number of carbonyl (C=O) groups is 2. The van der Waals surface area contributed by atoms with Gasteiger partial charge in [0.1, 0.15) is 0 Å². The highest BCUT2D eigenvalue weighted by molar-refractivity contribution is 5.94. The zero-order valence-electron chi connectivity index (χ0n) is 14.9. The molecule has 6 heteroatoms. The van der Waals surface area contributed by atoms with E-state index in [1.807, 2.05) is 29.2 Å². The van der Waals surface area contributed by atoms with Crippen LogP contribution in [0.25, 0.3) is 0 Å². The van der Waals surface area contributed by atoms with Crippen molar-refractivity contribution in [3.05, 3.63) is 35.4 Å². The first-order valence-corrected chi connectivity index (χ1v) is 9.20. The number of hydrogen-bond donors (Lipinski definition) is 1. The number of hydrogen-bond acceptors (Lipinski definition) is 3. The zero-order valence-corrected chi connectivity index (χ0v) is 14.9. The lowest BCUT2D eigenvalue weighted by Crippen LogP contribution is -2.53. The molecule has 2 saturated heterocycles. The van der Waals surface area contributed by atoms with E-state index in [9.17, 15) is 9.59 Å². The van der Waals surface area contributed by atoms with E-state index in [-0.39, 0.29) is 18.0 Å². The van der Waals surface area contributed by atoms with E-state index in [0.717, 1.165) is 25.9 Å². The average molecular weight is 345 g/mol. The monoisotopic (exact) mass is 345 g/mol. The van der Waals surface area contributed by atoms with Crippen LogP contribution in [0.2, 0.25) is 0 Å². The van der Waals surface area contributed by atoms with Gasteiger partial charge in [0.05, 0.1) is 6.10 Å². The van der Waals surface area contributed by atoms with Crippen LogP contribution in [-0.4, -0.2) is 67.2 Å². The number of benzene rings is 1. The molecular formula is C19H27N3O3. The predicted molar refractivity (Wildman–Crippen MR) is 95.7 cm³/mol. The van der Waals surface area contributed by atoms with E-state index in [1.165, 1.54) is 5.56 Å². The van der Waals surface area contributed by atoms with E-state index in [2.05, 4.69) is 12.2 Å². The van der Waals surface area contributed by atoms with Crippen molar-refractivity contribution in [2.45, 2.75) is 32.3 Å². The quantitative estimate of drug-likeness (QED) is 0.906. The summed E-state index contributed by atoms with van der Waals surface area (Å²) in [6.07, 6.45) is 3.20. The topological polar surface area (TPSA) is 61.9 Å². The van der Waals surface area contributed by atoms with Gasteiger partial charge in [-0.2, -0.15) is 0 Å². The minimum absolute atomic E-state index is 0.0436. The van der Waals surface area contributed by atoms with E-state index < -0.39 is 0 Å². The summed E-state index contributed by atoms with van der Waals surface area (Å²) in [5, 5.41) is 2.94. The minimum atomic E-state index is -0.0603. The largest absolute Gasteiger partial charge is 0.376 e. The van der Waals surface area contributed by atoms with E-state index in [1.54, 1.807) is 4.90 Å². The van der Waals surface area contributed by atoms with Crippen LogP contribution in [0, 0.1) is 0 Å². The zero-order chi connectivity index (χ0) is 17.6. The van der Waals surface area contributed by atoms with Crippen molar-refractivity contribution in [2.24, 2.45) is 0 Å². The number of ether oxygens (including phenoxy) is 1. The van der Waals surface area contributed by atoms with Crippen LogP contribution in [0.4, 0.5) is 4.79 Å². The Hall–Kier alpha value is -2.08. The second-order valence-electron chi connectivity index (χ2n) is 6.65. The number of nitrogens with zero attached hydrogens (tertiary/aromatic N) is 2. The predicted octanol–water partition coefficient (Wildman–Crippen LogP) is 1.90. The lowest BCUT2D eigenvalue weighted by Gasteiger charge is -2.35. The van der Waals surface area contributed by atoms with Crippen LogP contribution in [-0.2, 0) is 11.2 Å². The molecule has 1 aromatic rings. The molecule has 6 nitrogen and oxygen atoms in total. The Morgan fingerprint density at radius 2 is 1.80 bits per heavy atom. The molecule has 1 N–H and O–H groups in total. The number of aryl methyl sites for hydroxylation is 1. The molecule has 2 aliphatic heterocycles. The number of rotatable bonds is 4. The van der Waals surface area contributed by atoms with Gasteiger partial charge in [-0.15, -0.1) is 0 Å². The van der Waals surface area contributed by atoms with Crippen molar-refractivity contribution in [3.63, 3.8) is 0 Å². The van der Waals surface area contributed by atoms with Gasteiger partial charge in [-0.05, 0) is 37.0 Å². The van der Waals surface area contributed by atoms with Gasteiger partial charge in [0.25, 0.3) is 5.91 Å². The van der Waals surface area contributed by atoms with Crippen LogP contribution in [0.15, 0.2) is 24.3 Å². The molecule has 1 unspecified atom stereocenters. The summed E-state index contributed by atoms with van der Waals surface area (Å²) < 4.78 is 5.52. The van der Waals surface area contributed by atoms with Crippen molar-refractivity contribution in [2.75, 3.05) is 39.3 Å². The molecule has 0 bridgehead atoms. The summed E-state index contributed by atoms with van der Waals surface area (Å²) >= 11 is 0. The van der Waals surface area contributed by atoms with Crippen LogP contribution in [0.5, 0.6) is 0 Å². The molecule has 3 amide bonds. The Morgan fingerprint density at radius 3 is 2.40 bits per heavy atom. The fourth-order valence-electron chi connectivity index (χ4n) is 3.30. The van der Waals surface area contributed by atoms with Gasteiger partial charge in [0.15, 0.2) is 0 Å². The SMILES string of the molecule is CCc1ccc(C(=O)N2CCN(C(=O)NCC3CCCO3)CC2)cc1. The highest BCUT2D eigenvalue weighted by atomic mass is 16.5. The van der Waals surface area contributed by atoms with E-state index >= 15 is 0 Å². The molecule has 2 aliphatic rings. The molecule has 3 rings (SSSR count). The van der Waals surface area contributed by atoms with Gasteiger partial charge in [0.2, 0.25) is 0 Å². The number of amides is 3. The molecular weight excluding hydrogens is 318 g/mol. The van der Waals surface area contributed by atoms with Gasteiger partial charge in [-0.25, -0.2) is 4.79 Å². The summed E-state index contributed by atoms with van der Waals surface area (Å²) in [5.41, 5.74) is 1.94. The third-order valence-corrected chi connectivity index (χ3v) is 4.97. The molecule has 0 saturated carbocycles. The average Bonchev–Trinajstić information content (AvgIpc) is 3.19. The van der Waals surface area contributed by atoms with Crippen LogP contribution in [0.3, 0.4) is 0 Å². The fraction of sp³-hybridized carbons (Fsp3) is 0.579. The minimum Gasteiger partial charge on any atom is -0.376 e. The van der Waals surface area contributed by atoms with E-state index in [0.29, 0.717) is 38.3 Å². The number of nitrogens with one attached hydrogen (secondary N) is 1. The Bertz CT molecular complexity index is 588.